The molecule has 7 N–H and O–H groups in total. The molecule has 0 unspecified atom stereocenters. The second-order valence-corrected chi connectivity index (χ2v) is 32.5. The molecule has 0 aliphatic rings. The minimum atomic E-state index is -0.880. The van der Waals surface area contributed by atoms with Crippen molar-refractivity contribution < 1.29 is 72.9 Å². The molecule has 0 aliphatic heterocycles. The molecule has 0 spiro atoms. The number of carbonyl (C=O) groups excluding carboxylic acids is 4. The van der Waals surface area contributed by atoms with Crippen LogP contribution in [0.25, 0.3) is 64.7 Å². The number of aromatic hydroxyl groups is 2. The van der Waals surface area contributed by atoms with Crippen molar-refractivity contribution in [3.63, 3.8) is 0 Å². The predicted octanol–water partition coefficient (Wildman–Crippen LogP) is 19.6. The van der Waals surface area contributed by atoms with Gasteiger partial charge in [-0.2, -0.15) is 0 Å². The molecule has 3 aromatic heterocycles. The maximum absolute atomic E-state index is 13.2. The number of methoxy groups -OCH3 is 5. The van der Waals surface area contributed by atoms with Crippen molar-refractivity contribution in [2.24, 2.45) is 0 Å². The highest BCUT2D eigenvalue weighted by molar-refractivity contribution is 9.69. The van der Waals surface area contributed by atoms with Gasteiger partial charge >= 0.3 is 21.1 Å². The molecule has 25 heteroatoms. The summed E-state index contributed by atoms with van der Waals surface area (Å²) < 4.78 is 26.6. The Balaban J connectivity index is 0.000000178. The summed E-state index contributed by atoms with van der Waals surface area (Å²) in [5.74, 6) is -0.250. The number of esters is 1. The summed E-state index contributed by atoms with van der Waals surface area (Å²) in [6.45, 7) is 0. The van der Waals surface area contributed by atoms with Gasteiger partial charge in [0.2, 0.25) is 0 Å². The Bertz CT molecular complexity index is 5080. The lowest BCUT2D eigenvalue weighted by Gasteiger charge is -2.13. The van der Waals surface area contributed by atoms with Crippen LogP contribution in [0, 0.1) is 0 Å². The Labute approximate surface area is 642 Å². The molecule has 0 aliphatic carbocycles. The van der Waals surface area contributed by atoms with Crippen LogP contribution < -0.4 is 34.9 Å². The molecule has 0 fully saturated rings. The smallest absolute Gasteiger partial charge is 0.369 e. The summed E-state index contributed by atoms with van der Waals surface area (Å²) >= 11 is 13.6. The number of phenolic OH excluding ortho intramolecular Hbond substituents is 2. The number of rotatable bonds is 22. The molecule has 0 radical (unpaired) electrons. The maximum atomic E-state index is 13.2. The summed E-state index contributed by atoms with van der Waals surface area (Å²) in [4.78, 5) is 78.1. The number of halogens is 3. The Hall–Kier alpha value is -10.8. The molecule has 0 saturated heterocycles. The molecule has 18 nitrogen and oxygen atoms in total. The Morgan fingerprint density at radius 2 is 0.686 bits per heavy atom. The topological polar surface area (TPSA) is 266 Å². The third-order valence-electron chi connectivity index (χ3n) is 15.6. The van der Waals surface area contributed by atoms with Crippen molar-refractivity contribution in [3.05, 3.63) is 268 Å². The van der Waals surface area contributed by atoms with Gasteiger partial charge in [0, 0.05) is 115 Å². The molecule has 3 amide bonds. The van der Waals surface area contributed by atoms with Gasteiger partial charge in [-0.05, 0) is 144 Å². The van der Waals surface area contributed by atoms with Crippen LogP contribution in [0.15, 0.2) is 237 Å². The van der Waals surface area contributed by atoms with E-state index >= 15 is 0 Å². The fourth-order valence-corrected chi connectivity index (χ4v) is 13.8. The summed E-state index contributed by atoms with van der Waals surface area (Å²) in [5, 5.41) is 46.5. The van der Waals surface area contributed by atoms with Gasteiger partial charge in [0.15, 0.2) is 0 Å². The van der Waals surface area contributed by atoms with Gasteiger partial charge in [-0.1, -0.05) is 91.0 Å². The van der Waals surface area contributed by atoms with Gasteiger partial charge in [-0.3, -0.25) is 28.8 Å². The number of ether oxygens (including phenoxy) is 5. The number of amides is 3. The second kappa shape index (κ2) is 38.1. The Morgan fingerprint density at radius 3 is 1.01 bits per heavy atom. The monoisotopic (exact) mass is 1650 g/mol. The normalized spacial score (nSPS) is 10.4. The molecule has 105 heavy (non-hydrogen) atoms. The zero-order chi connectivity index (χ0) is 75.1. The predicted molar refractivity (Wildman–Crippen MR) is 429 cm³/mol. The van der Waals surface area contributed by atoms with Crippen LogP contribution in [0.2, 0.25) is 0 Å². The molecule has 0 saturated carbocycles. The first-order valence-corrected chi connectivity index (χ1v) is 37.0. The molecule has 3 heterocycles. The number of hydrogen-bond donors (Lipinski definition) is 7. The van der Waals surface area contributed by atoms with Crippen LogP contribution in [-0.2, 0) is 38.4 Å². The zero-order valence-corrected chi connectivity index (χ0v) is 64.1. The second-order valence-electron chi connectivity index (χ2n) is 22.5. The third-order valence-corrected chi connectivity index (χ3v) is 18.9. The molecular formula is C80H67BBr3N3O15S3. The summed E-state index contributed by atoms with van der Waals surface area (Å²) in [6, 6.07) is 70.6. The fraction of sp³-hybridized carbons (Fsp3) is 0.100. The first kappa shape index (κ1) is 78.3. The van der Waals surface area contributed by atoms with Crippen molar-refractivity contribution in [2.75, 3.05) is 51.5 Å². The average molecular weight is 1660 g/mol. The lowest BCUT2D eigenvalue weighted by Crippen LogP contribution is -2.12. The molecule has 0 atom stereocenters. The lowest BCUT2D eigenvalue weighted by molar-refractivity contribution is -0.140. The molecule has 9 aromatic carbocycles. The van der Waals surface area contributed by atoms with Crippen molar-refractivity contribution >= 4 is 137 Å². The van der Waals surface area contributed by atoms with Gasteiger partial charge in [-0.25, -0.2) is 0 Å². The number of aliphatic carboxylic acids is 2. The van der Waals surface area contributed by atoms with Crippen molar-refractivity contribution in [1.29, 1.82) is 0 Å². The van der Waals surface area contributed by atoms with Crippen LogP contribution >= 0.6 is 81.3 Å². The highest BCUT2D eigenvalue weighted by atomic mass is 79.9. The van der Waals surface area contributed by atoms with E-state index in [9.17, 15) is 39.0 Å². The quantitative estimate of drug-likeness (QED) is 0.0246. The van der Waals surface area contributed by atoms with Crippen LogP contribution in [0.3, 0.4) is 0 Å². The number of carbonyl (C=O) groups is 6. The average Bonchev–Trinajstić information content (AvgIpc) is 1.68. The lowest BCUT2D eigenvalue weighted by atomic mass is 10.0. The van der Waals surface area contributed by atoms with E-state index in [1.165, 1.54) is 67.5 Å². The van der Waals surface area contributed by atoms with Crippen LogP contribution in [0.5, 0.6) is 34.5 Å². The van der Waals surface area contributed by atoms with E-state index in [4.69, 9.17) is 33.9 Å². The number of benzene rings is 9. The van der Waals surface area contributed by atoms with E-state index in [1.54, 1.807) is 99.1 Å². The molecule has 12 rings (SSSR count). The van der Waals surface area contributed by atoms with Gasteiger partial charge < -0.3 is 60.1 Å². The third kappa shape index (κ3) is 21.9. The summed E-state index contributed by atoms with van der Waals surface area (Å²) in [6.07, 6.45) is 0.150. The number of carboxylic acid groups (broad SMARTS) is 2. The van der Waals surface area contributed by atoms with E-state index in [0.717, 1.165) is 79.3 Å². The standard InChI is InChI=1S/2C27H23NO5S.C26H21NO5S.BBr3/c1-32-19-10-12-21(24(15-19)33-2)17-6-5-7-18(14-17)27(31)28-23-9-4-3-8-22(23)25-13-11-20(34-25)16-26(29)30;1-32-24-15-19(29)10-12-21(24)17-6-5-7-18(14-17)27(31)28-23-9-4-3-8-22(23)25-13-11-20(34-25)16-26(30)33-2;1-32-23-14-18(28)9-11-20(23)16-5-4-6-17(13-16)26(31)27-22-8-3-2-7-21(22)24-12-10-19(33-24)15-25(29)30;2-1(3)4/h3-15H,16H2,1-2H3,(H,28,31)(H,29,30);3-15,29H,16H2,1-2H3,(H,28,31);2-14,28H,15H2,1H3,(H,27,31)(H,29,30);. The van der Waals surface area contributed by atoms with Gasteiger partial charge in [0.05, 0.1) is 54.8 Å². The van der Waals surface area contributed by atoms with Crippen molar-refractivity contribution in [2.45, 2.75) is 19.3 Å². The number of hydrogen-bond acceptors (Lipinski definition) is 16. The van der Waals surface area contributed by atoms with Crippen LogP contribution in [-0.4, -0.2) is 94.8 Å². The number of nitrogens with one attached hydrogen (secondary N) is 3. The van der Waals surface area contributed by atoms with E-state index in [0.29, 0.717) is 56.8 Å². The minimum absolute atomic E-state index is 0.0270. The van der Waals surface area contributed by atoms with Gasteiger partial charge in [-0.15, -0.1) is 81.3 Å². The Morgan fingerprint density at radius 1 is 0.362 bits per heavy atom. The fourth-order valence-electron chi connectivity index (χ4n) is 10.7. The Kier molecular flexibility index (Phi) is 28.4. The van der Waals surface area contributed by atoms with E-state index in [1.807, 2.05) is 140 Å². The molecule has 12 aromatic rings. The van der Waals surface area contributed by atoms with Gasteiger partial charge in [0.1, 0.15) is 34.5 Å². The van der Waals surface area contributed by atoms with Gasteiger partial charge in [0.25, 0.3) is 17.7 Å². The van der Waals surface area contributed by atoms with E-state index in [-0.39, 0.29) is 57.6 Å². The number of phenols is 2. The van der Waals surface area contributed by atoms with Crippen LogP contribution in [0.4, 0.5) is 17.1 Å². The molecule has 534 valence electrons. The molecular weight excluding hydrogens is 1590 g/mol. The number of thiophene rings is 3. The zero-order valence-electron chi connectivity index (χ0n) is 56.9. The number of para-hydroxylation sites is 3. The number of carboxylic acids is 2. The first-order valence-electron chi connectivity index (χ1n) is 31.8. The highest BCUT2D eigenvalue weighted by Gasteiger charge is 2.20. The minimum Gasteiger partial charge on any atom is -0.508 e. The molecule has 0 bridgehead atoms. The highest BCUT2D eigenvalue weighted by Crippen LogP contribution is 2.40. The van der Waals surface area contributed by atoms with Crippen molar-refractivity contribution in [3.8, 4) is 99.2 Å². The van der Waals surface area contributed by atoms with E-state index < -0.39 is 11.9 Å². The summed E-state index contributed by atoms with van der Waals surface area (Å²) in [7, 11) is 7.62. The SMILES string of the molecule is BrB(Br)Br.COC(=O)Cc1ccc(-c2ccccc2NC(=O)c2cccc(-c3ccc(O)cc3OC)c2)s1.COc1cc(O)ccc1-c1cccc(C(=O)Nc2ccccc2-c2ccc(CC(=O)O)s2)c1.COc1ccc(-c2cccc(C(=O)Nc3ccccc3-c3ccc(CC(=O)O)s3)c2)c(OC)c1. The summed E-state index contributed by atoms with van der Waals surface area (Å²) in [5.41, 5.74) is 10.8. The van der Waals surface area contributed by atoms with Crippen molar-refractivity contribution in [1.82, 2.24) is 0 Å². The van der Waals surface area contributed by atoms with Crippen LogP contribution in [0.1, 0.15) is 45.7 Å². The maximum Gasteiger partial charge on any atom is 0.369 e. The number of anilines is 3. The van der Waals surface area contributed by atoms with E-state index in [2.05, 4.69) is 63.2 Å². The largest absolute Gasteiger partial charge is 0.508 e. The first-order chi connectivity index (χ1) is 50.6.